The van der Waals surface area contributed by atoms with Crippen molar-refractivity contribution in [2.24, 2.45) is 0 Å². The van der Waals surface area contributed by atoms with Crippen molar-refractivity contribution >= 4 is 22.7 Å². The Bertz CT molecular complexity index is 1650. The molecule has 38 heavy (non-hydrogen) atoms. The second-order valence-corrected chi connectivity index (χ2v) is 11.1. The van der Waals surface area contributed by atoms with Crippen LogP contribution >= 0.6 is 22.7 Å². The number of rotatable bonds is 4. The highest BCUT2D eigenvalue weighted by Gasteiger charge is 2.30. The summed E-state index contributed by atoms with van der Waals surface area (Å²) in [6.07, 6.45) is 0. The summed E-state index contributed by atoms with van der Waals surface area (Å²) >= 11 is 2.60. The summed E-state index contributed by atoms with van der Waals surface area (Å²) in [5, 5.41) is 18.1. The minimum Gasteiger partial charge on any atom is -0.203 e. The molecule has 0 N–H and O–H groups in total. The van der Waals surface area contributed by atoms with Gasteiger partial charge in [-0.15, -0.1) is 22.7 Å². The van der Waals surface area contributed by atoms with Gasteiger partial charge in [-0.25, -0.2) is 17.6 Å². The van der Waals surface area contributed by atoms with Crippen molar-refractivity contribution in [1.29, 1.82) is 10.5 Å². The zero-order valence-electron chi connectivity index (χ0n) is 20.0. The molecule has 0 fully saturated rings. The van der Waals surface area contributed by atoms with E-state index in [0.717, 1.165) is 11.1 Å². The Morgan fingerprint density at radius 1 is 0.553 bits per heavy atom. The molecule has 0 unspecified atom stereocenters. The number of aryl methyl sites for hydroxylation is 2. The second kappa shape index (κ2) is 9.90. The van der Waals surface area contributed by atoms with E-state index < -0.39 is 23.3 Å². The Balaban J connectivity index is 1.71. The van der Waals surface area contributed by atoms with Crippen molar-refractivity contribution in [3.05, 3.63) is 105 Å². The summed E-state index contributed by atoms with van der Waals surface area (Å²) in [5.74, 6) is -6.66. The summed E-state index contributed by atoms with van der Waals surface area (Å²) in [7, 11) is 0. The number of hydrogen-bond donors (Lipinski definition) is 0. The Labute approximate surface area is 224 Å². The van der Waals surface area contributed by atoms with Crippen LogP contribution in [0.15, 0.2) is 60.7 Å². The number of nitrogens with zero attached hydrogens (tertiary/aromatic N) is 2. The van der Waals surface area contributed by atoms with Crippen molar-refractivity contribution in [3.63, 3.8) is 0 Å². The average Bonchev–Trinajstić information content (AvgIpc) is 3.51. The molecule has 0 aliphatic carbocycles. The van der Waals surface area contributed by atoms with Gasteiger partial charge < -0.3 is 0 Å². The third-order valence-corrected chi connectivity index (χ3v) is 8.44. The van der Waals surface area contributed by atoms with Gasteiger partial charge in [0.2, 0.25) is 0 Å². The minimum atomic E-state index is -1.87. The molecule has 2 nitrogen and oxygen atoms in total. The van der Waals surface area contributed by atoms with Crippen LogP contribution < -0.4 is 0 Å². The Hall–Kier alpha value is -4.24. The molecule has 2 heterocycles. The number of halogens is 4. The molecule has 8 heteroatoms. The Kier molecular flexibility index (Phi) is 6.62. The molecular weight excluding hydrogens is 528 g/mol. The van der Waals surface area contributed by atoms with Gasteiger partial charge >= 0.3 is 0 Å². The van der Waals surface area contributed by atoms with E-state index in [-0.39, 0.29) is 22.3 Å². The van der Waals surface area contributed by atoms with Crippen molar-refractivity contribution < 1.29 is 17.6 Å². The molecule has 0 aliphatic rings. The molecule has 0 radical (unpaired) electrons. The smallest absolute Gasteiger partial charge is 0.198 e. The van der Waals surface area contributed by atoms with Gasteiger partial charge in [-0.05, 0) is 72.5 Å². The lowest BCUT2D eigenvalue weighted by atomic mass is 9.92. The summed E-state index contributed by atoms with van der Waals surface area (Å²) in [5.41, 5.74) is 2.28. The topological polar surface area (TPSA) is 47.6 Å². The minimum absolute atomic E-state index is 0.255. The fraction of sp³-hybridized carbons (Fsp3) is 0.0667. The summed E-state index contributed by atoms with van der Waals surface area (Å²) in [4.78, 5) is 2.60. The molecule has 0 saturated heterocycles. The van der Waals surface area contributed by atoms with E-state index in [1.165, 1.54) is 22.7 Å². The number of thiophene rings is 2. The van der Waals surface area contributed by atoms with E-state index in [1.807, 2.05) is 12.1 Å². The molecule has 0 spiro atoms. The van der Waals surface area contributed by atoms with Gasteiger partial charge in [0.05, 0.1) is 23.3 Å². The first-order valence-corrected chi connectivity index (χ1v) is 13.0. The fourth-order valence-electron chi connectivity index (χ4n) is 4.30. The maximum absolute atomic E-state index is 15.5. The summed E-state index contributed by atoms with van der Waals surface area (Å²) in [6.45, 7) is 3.41. The zero-order valence-corrected chi connectivity index (χ0v) is 21.6. The quantitative estimate of drug-likeness (QED) is 0.129. The molecule has 0 aliphatic heterocycles. The molecule has 0 amide bonds. The van der Waals surface area contributed by atoms with Crippen LogP contribution in [-0.4, -0.2) is 0 Å². The first-order chi connectivity index (χ1) is 18.2. The maximum Gasteiger partial charge on any atom is 0.198 e. The highest BCUT2D eigenvalue weighted by molar-refractivity contribution is 7.16. The molecule has 0 saturated carbocycles. The molecule has 5 aromatic rings. The standard InChI is InChI=1S/C30H16F4N2S2/c1-15-21(11-23(37-15)19-7-3-17(13-35)4-8-19)25-26(28(32)30(34)29(33)27(25)31)22-12-24(38-16(22)2)20-9-5-18(14-36)6-10-20/h3-12H,1-2H3. The third kappa shape index (κ3) is 4.28. The van der Waals surface area contributed by atoms with Gasteiger partial charge in [0.25, 0.3) is 0 Å². The number of benzene rings is 3. The van der Waals surface area contributed by atoms with Gasteiger partial charge in [0.1, 0.15) is 0 Å². The van der Waals surface area contributed by atoms with Crippen molar-refractivity contribution in [2.45, 2.75) is 13.8 Å². The number of hydrogen-bond acceptors (Lipinski definition) is 4. The van der Waals surface area contributed by atoms with E-state index in [1.54, 1.807) is 74.5 Å². The Morgan fingerprint density at radius 2 is 0.895 bits per heavy atom. The van der Waals surface area contributed by atoms with E-state index >= 15 is 8.78 Å². The normalized spacial score (nSPS) is 10.8. The summed E-state index contributed by atoms with van der Waals surface area (Å²) in [6, 6.07) is 20.9. The van der Waals surface area contributed by atoms with Gasteiger partial charge in [-0.1, -0.05) is 24.3 Å². The third-order valence-electron chi connectivity index (χ3n) is 6.24. The second-order valence-electron chi connectivity index (χ2n) is 8.55. The zero-order chi connectivity index (χ0) is 27.1. The molecular formula is C30H16F4N2S2. The molecule has 2 aromatic heterocycles. The SMILES string of the molecule is Cc1sc(-c2ccc(C#N)cc2)cc1-c1c(F)c(F)c(F)c(F)c1-c1cc(-c2ccc(C#N)cc2)sc1C. The monoisotopic (exact) mass is 544 g/mol. The number of nitriles is 2. The predicted octanol–water partition coefficient (Wildman–Crippen LogP) is 9.39. The lowest BCUT2D eigenvalue weighted by Gasteiger charge is -2.14. The highest BCUT2D eigenvalue weighted by Crippen LogP contribution is 2.47. The first kappa shape index (κ1) is 25.4. The van der Waals surface area contributed by atoms with Crippen LogP contribution in [0.3, 0.4) is 0 Å². The van der Waals surface area contributed by atoms with Crippen LogP contribution in [0, 0.1) is 59.8 Å². The highest BCUT2D eigenvalue weighted by atomic mass is 32.1. The predicted molar refractivity (Wildman–Crippen MR) is 143 cm³/mol. The van der Waals surface area contributed by atoms with Crippen LogP contribution in [0.25, 0.3) is 43.1 Å². The first-order valence-electron chi connectivity index (χ1n) is 11.3. The maximum atomic E-state index is 15.5. The lowest BCUT2D eigenvalue weighted by Crippen LogP contribution is -2.03. The van der Waals surface area contributed by atoms with Gasteiger partial charge in [0.15, 0.2) is 23.3 Å². The molecule has 0 bridgehead atoms. The van der Waals surface area contributed by atoms with Gasteiger partial charge in [-0.2, -0.15) is 10.5 Å². The fourth-order valence-corrected chi connectivity index (χ4v) is 6.36. The molecule has 0 atom stereocenters. The van der Waals surface area contributed by atoms with Crippen LogP contribution in [0.5, 0.6) is 0 Å². The van der Waals surface area contributed by atoms with Crippen LogP contribution in [0.1, 0.15) is 20.9 Å². The average molecular weight is 545 g/mol. The van der Waals surface area contributed by atoms with Crippen molar-refractivity contribution in [1.82, 2.24) is 0 Å². The van der Waals surface area contributed by atoms with E-state index in [0.29, 0.717) is 30.6 Å². The van der Waals surface area contributed by atoms with Crippen molar-refractivity contribution in [3.8, 4) is 55.3 Å². The molecule has 3 aromatic carbocycles. The van der Waals surface area contributed by atoms with Crippen LogP contribution in [0.2, 0.25) is 0 Å². The molecule has 186 valence electrons. The lowest BCUT2D eigenvalue weighted by molar-refractivity contribution is 0.412. The van der Waals surface area contributed by atoms with E-state index in [2.05, 4.69) is 0 Å². The van der Waals surface area contributed by atoms with E-state index in [9.17, 15) is 8.78 Å². The van der Waals surface area contributed by atoms with Crippen LogP contribution in [0.4, 0.5) is 17.6 Å². The Morgan fingerprint density at radius 3 is 1.21 bits per heavy atom. The largest absolute Gasteiger partial charge is 0.203 e. The van der Waals surface area contributed by atoms with Gasteiger partial charge in [-0.3, -0.25) is 0 Å². The summed E-state index contributed by atoms with van der Waals surface area (Å²) < 4.78 is 60.1. The van der Waals surface area contributed by atoms with Crippen LogP contribution in [-0.2, 0) is 0 Å². The van der Waals surface area contributed by atoms with Gasteiger partial charge in [0, 0.05) is 30.6 Å². The van der Waals surface area contributed by atoms with Crippen molar-refractivity contribution in [2.75, 3.05) is 0 Å². The molecule has 5 rings (SSSR count). The van der Waals surface area contributed by atoms with E-state index in [4.69, 9.17) is 10.5 Å².